The quantitative estimate of drug-likeness (QED) is 0.178. The van der Waals surface area contributed by atoms with Crippen molar-refractivity contribution >= 4 is 39.0 Å². The second-order valence-electron chi connectivity index (χ2n) is 18.5. The van der Waals surface area contributed by atoms with Crippen molar-refractivity contribution in [3.05, 3.63) is 197 Å². The first-order valence-corrected chi connectivity index (χ1v) is 21.0. The summed E-state index contributed by atoms with van der Waals surface area (Å²) >= 11 is 0. The Morgan fingerprint density at radius 2 is 0.814 bits per heavy atom. The zero-order valence-corrected chi connectivity index (χ0v) is 34.4. The number of fused-ring (bicyclic) bond motifs is 12. The molecular weight excluding hydrogens is 715 g/mol. The minimum atomic E-state index is -0.160. The first kappa shape index (κ1) is 34.4. The van der Waals surface area contributed by atoms with E-state index in [1.165, 1.54) is 83.3 Å². The molecule has 0 radical (unpaired) electrons. The molecule has 284 valence electrons. The third-order valence-corrected chi connectivity index (χ3v) is 14.3. The SMILES string of the molecule is CC1(C)c2ccccc2-c2ccc(N(c3ccc4c(c3)C(C)(C)c3ccccc3-4)c3ccc4c(c3)oc3cc5c(c(-c6ccccc6)c34)-c3ccccc3C5(C)C)cc21. The van der Waals surface area contributed by atoms with Gasteiger partial charge in [-0.1, -0.05) is 157 Å². The summed E-state index contributed by atoms with van der Waals surface area (Å²) in [6.45, 7) is 14.2. The van der Waals surface area contributed by atoms with Crippen LogP contribution in [0.5, 0.6) is 0 Å². The van der Waals surface area contributed by atoms with Crippen molar-refractivity contribution in [2.75, 3.05) is 4.90 Å². The van der Waals surface area contributed by atoms with Gasteiger partial charge in [0.25, 0.3) is 0 Å². The fourth-order valence-electron chi connectivity index (χ4n) is 11.2. The van der Waals surface area contributed by atoms with Crippen molar-refractivity contribution in [3.8, 4) is 44.5 Å². The third-order valence-electron chi connectivity index (χ3n) is 14.3. The van der Waals surface area contributed by atoms with Gasteiger partial charge in [-0.25, -0.2) is 0 Å². The van der Waals surface area contributed by atoms with Gasteiger partial charge in [-0.05, 0) is 115 Å². The lowest BCUT2D eigenvalue weighted by atomic mass is 9.81. The molecule has 0 bridgehead atoms. The van der Waals surface area contributed by atoms with Gasteiger partial charge in [-0.15, -0.1) is 0 Å². The molecule has 3 aliphatic carbocycles. The maximum absolute atomic E-state index is 7.07. The molecule has 0 amide bonds. The number of furan rings is 1. The Morgan fingerprint density at radius 3 is 1.41 bits per heavy atom. The maximum Gasteiger partial charge on any atom is 0.137 e. The third kappa shape index (κ3) is 4.58. The summed E-state index contributed by atoms with van der Waals surface area (Å²) < 4.78 is 7.07. The minimum Gasteiger partial charge on any atom is -0.456 e. The molecule has 0 spiro atoms. The van der Waals surface area contributed by atoms with E-state index in [0.717, 1.165) is 33.6 Å². The molecule has 2 heteroatoms. The van der Waals surface area contributed by atoms with E-state index in [1.54, 1.807) is 0 Å². The van der Waals surface area contributed by atoms with Crippen LogP contribution in [0.4, 0.5) is 17.1 Å². The van der Waals surface area contributed by atoms with E-state index in [-0.39, 0.29) is 16.2 Å². The van der Waals surface area contributed by atoms with Gasteiger partial charge < -0.3 is 9.32 Å². The summed E-state index contributed by atoms with van der Waals surface area (Å²) in [5.41, 5.74) is 23.3. The summed E-state index contributed by atoms with van der Waals surface area (Å²) in [6.07, 6.45) is 0. The van der Waals surface area contributed by atoms with Crippen molar-refractivity contribution in [2.24, 2.45) is 0 Å². The highest BCUT2D eigenvalue weighted by molar-refractivity contribution is 6.18. The average Bonchev–Trinajstić information content (AvgIpc) is 3.89. The summed E-state index contributed by atoms with van der Waals surface area (Å²) in [4.78, 5) is 2.45. The molecule has 0 unspecified atom stereocenters. The molecule has 0 fully saturated rings. The number of anilines is 3. The van der Waals surface area contributed by atoms with Gasteiger partial charge in [0.15, 0.2) is 0 Å². The normalized spacial score (nSPS) is 15.7. The fraction of sp³-hybridized carbons (Fsp3) is 0.158. The predicted molar refractivity (Wildman–Crippen MR) is 247 cm³/mol. The zero-order valence-electron chi connectivity index (χ0n) is 34.4. The maximum atomic E-state index is 7.07. The van der Waals surface area contributed by atoms with Crippen LogP contribution in [-0.4, -0.2) is 0 Å². The van der Waals surface area contributed by atoms with Crippen LogP contribution in [-0.2, 0) is 16.2 Å². The minimum absolute atomic E-state index is 0.126. The summed E-state index contributed by atoms with van der Waals surface area (Å²) in [5.74, 6) is 0. The van der Waals surface area contributed by atoms with Crippen LogP contribution in [0.1, 0.15) is 74.9 Å². The van der Waals surface area contributed by atoms with Gasteiger partial charge in [-0.3, -0.25) is 0 Å². The standard InChI is InChI=1S/C57H45NO/c1-55(2)44-21-13-10-18-38(44)40-27-24-35(30-47(40)55)58(36-25-28-41-39-19-11-14-22-45(39)56(3,4)48(41)31-36)37-26-29-43-50(32-37)59-51-33-49-53(42-20-12-15-23-46(42)57(49,5)6)52(54(43)51)34-16-8-7-9-17-34/h7-33H,1-6H3. The van der Waals surface area contributed by atoms with Crippen LogP contribution in [0.15, 0.2) is 168 Å². The molecular formula is C57H45NO. The van der Waals surface area contributed by atoms with E-state index in [4.69, 9.17) is 4.42 Å². The van der Waals surface area contributed by atoms with Gasteiger partial charge in [0.2, 0.25) is 0 Å². The van der Waals surface area contributed by atoms with Crippen LogP contribution in [0, 0.1) is 0 Å². The van der Waals surface area contributed by atoms with E-state index in [1.807, 2.05) is 0 Å². The van der Waals surface area contributed by atoms with E-state index in [9.17, 15) is 0 Å². The van der Waals surface area contributed by atoms with Crippen molar-refractivity contribution < 1.29 is 4.42 Å². The van der Waals surface area contributed by atoms with E-state index >= 15 is 0 Å². The summed E-state index contributed by atoms with van der Waals surface area (Å²) in [5, 5.41) is 2.30. The second-order valence-corrected chi connectivity index (χ2v) is 18.5. The second kappa shape index (κ2) is 11.7. The topological polar surface area (TPSA) is 16.4 Å². The Hall–Kier alpha value is -6.64. The van der Waals surface area contributed by atoms with Gasteiger partial charge >= 0.3 is 0 Å². The van der Waals surface area contributed by atoms with Crippen LogP contribution < -0.4 is 4.90 Å². The van der Waals surface area contributed by atoms with E-state index in [0.29, 0.717) is 0 Å². The van der Waals surface area contributed by atoms with Crippen LogP contribution in [0.2, 0.25) is 0 Å². The van der Waals surface area contributed by atoms with Gasteiger partial charge in [-0.2, -0.15) is 0 Å². The number of rotatable bonds is 4. The molecule has 0 N–H and O–H groups in total. The van der Waals surface area contributed by atoms with E-state index < -0.39 is 0 Å². The Balaban J connectivity index is 1.10. The number of hydrogen-bond acceptors (Lipinski definition) is 2. The molecule has 0 atom stereocenters. The first-order valence-electron chi connectivity index (χ1n) is 21.0. The molecule has 3 aliphatic rings. The molecule has 0 saturated carbocycles. The lowest BCUT2D eigenvalue weighted by Crippen LogP contribution is -2.18. The highest BCUT2D eigenvalue weighted by atomic mass is 16.3. The van der Waals surface area contributed by atoms with E-state index in [2.05, 4.69) is 210 Å². The Labute approximate surface area is 346 Å². The predicted octanol–water partition coefficient (Wildman–Crippen LogP) is 15.6. The van der Waals surface area contributed by atoms with Crippen LogP contribution in [0.25, 0.3) is 66.4 Å². The van der Waals surface area contributed by atoms with Crippen molar-refractivity contribution in [1.29, 1.82) is 0 Å². The summed E-state index contributed by atoms with van der Waals surface area (Å²) in [7, 11) is 0. The highest BCUT2D eigenvalue weighted by Gasteiger charge is 2.40. The lowest BCUT2D eigenvalue weighted by molar-refractivity contribution is 0.647. The van der Waals surface area contributed by atoms with Crippen molar-refractivity contribution in [3.63, 3.8) is 0 Å². The smallest absolute Gasteiger partial charge is 0.137 e. The molecule has 1 heterocycles. The first-order chi connectivity index (χ1) is 28.5. The molecule has 1 aromatic heterocycles. The largest absolute Gasteiger partial charge is 0.456 e. The lowest BCUT2D eigenvalue weighted by Gasteiger charge is -2.29. The van der Waals surface area contributed by atoms with Gasteiger partial charge in [0, 0.05) is 55.7 Å². The van der Waals surface area contributed by atoms with Crippen LogP contribution >= 0.6 is 0 Å². The molecule has 9 aromatic rings. The molecule has 2 nitrogen and oxygen atoms in total. The van der Waals surface area contributed by atoms with Crippen molar-refractivity contribution in [2.45, 2.75) is 57.8 Å². The zero-order chi connectivity index (χ0) is 40.0. The summed E-state index contributed by atoms with van der Waals surface area (Å²) in [6, 6.07) is 61.0. The highest BCUT2D eigenvalue weighted by Crippen LogP contribution is 2.57. The molecule has 59 heavy (non-hydrogen) atoms. The van der Waals surface area contributed by atoms with Gasteiger partial charge in [0.05, 0.1) is 0 Å². The van der Waals surface area contributed by atoms with Crippen LogP contribution in [0.3, 0.4) is 0 Å². The van der Waals surface area contributed by atoms with Crippen molar-refractivity contribution in [1.82, 2.24) is 0 Å². The Morgan fingerprint density at radius 1 is 0.356 bits per heavy atom. The van der Waals surface area contributed by atoms with Gasteiger partial charge in [0.1, 0.15) is 11.2 Å². The Kier molecular flexibility index (Phi) is 6.84. The number of hydrogen-bond donors (Lipinski definition) is 0. The Bertz CT molecular complexity index is 3140. The molecule has 0 aliphatic heterocycles. The molecule has 12 rings (SSSR count). The molecule has 0 saturated heterocycles. The number of nitrogens with zero attached hydrogens (tertiary/aromatic N) is 1. The number of benzene rings is 8. The molecule has 8 aromatic carbocycles. The average molecular weight is 760 g/mol. The monoisotopic (exact) mass is 759 g/mol. The fourth-order valence-corrected chi connectivity index (χ4v) is 11.2.